The first kappa shape index (κ1) is 30.3. The zero-order valence-electron chi connectivity index (χ0n) is 19.5. The summed E-state index contributed by atoms with van der Waals surface area (Å²) >= 11 is 0. The van der Waals surface area contributed by atoms with Gasteiger partial charge < -0.3 is 5.32 Å². The zero-order chi connectivity index (χ0) is 30.4. The van der Waals surface area contributed by atoms with Gasteiger partial charge in [0.15, 0.2) is 5.69 Å². The number of amides is 1. The van der Waals surface area contributed by atoms with Crippen LogP contribution in [0.25, 0.3) is 0 Å². The number of nitro benzene ring substituents is 1. The summed E-state index contributed by atoms with van der Waals surface area (Å²) < 4.78 is 147. The zero-order valence-corrected chi connectivity index (χ0v) is 19.5. The number of nitrogens with one attached hydrogen (secondary N) is 1. The van der Waals surface area contributed by atoms with Gasteiger partial charge in [0.05, 0.1) is 28.2 Å². The molecule has 0 aliphatic heterocycles. The molecule has 3 rings (SSSR count). The van der Waals surface area contributed by atoms with Crippen molar-refractivity contribution in [1.82, 2.24) is 9.78 Å². The van der Waals surface area contributed by atoms with Crippen molar-refractivity contribution >= 4 is 17.3 Å². The Morgan fingerprint density at radius 3 is 1.93 bits per heavy atom. The van der Waals surface area contributed by atoms with E-state index in [4.69, 9.17) is 0 Å². The highest BCUT2D eigenvalue weighted by Gasteiger charge is 2.62. The number of hydrogen-bond acceptors (Lipinski definition) is 4. The van der Waals surface area contributed by atoms with Crippen LogP contribution >= 0.6 is 0 Å². The van der Waals surface area contributed by atoms with Crippen LogP contribution < -0.4 is 5.32 Å². The molecule has 0 unspecified atom stereocenters. The van der Waals surface area contributed by atoms with Gasteiger partial charge in [-0.1, -0.05) is 6.07 Å². The van der Waals surface area contributed by atoms with E-state index < -0.39 is 69.9 Å². The number of carbonyl (C=O) groups excluding carboxylic acids is 1. The maximum atomic E-state index is 14.3. The molecule has 0 atom stereocenters. The van der Waals surface area contributed by atoms with E-state index in [9.17, 15) is 63.2 Å². The Balaban J connectivity index is 2.08. The molecule has 0 bridgehead atoms. The Hall–Kier alpha value is -4.25. The molecule has 1 aromatic heterocycles. The van der Waals surface area contributed by atoms with Crippen LogP contribution in [0, 0.1) is 17.0 Å². The van der Waals surface area contributed by atoms with E-state index in [-0.39, 0.29) is 35.0 Å². The number of aromatic nitrogens is 2. The smallest absolute Gasteiger partial charge is 0.322 e. The molecule has 0 aliphatic rings. The molecule has 18 heteroatoms. The van der Waals surface area contributed by atoms with Gasteiger partial charge in [-0.05, 0) is 36.8 Å². The molecule has 1 heterocycles. The van der Waals surface area contributed by atoms with Crippen LogP contribution in [-0.2, 0) is 24.8 Å². The number of benzene rings is 2. The van der Waals surface area contributed by atoms with Crippen molar-refractivity contribution in [3.05, 3.63) is 86.2 Å². The summed E-state index contributed by atoms with van der Waals surface area (Å²) in [4.78, 5) is 22.9. The van der Waals surface area contributed by atoms with Gasteiger partial charge >= 0.3 is 24.5 Å². The van der Waals surface area contributed by atoms with Gasteiger partial charge in [0.25, 0.3) is 11.6 Å². The van der Waals surface area contributed by atoms with Crippen molar-refractivity contribution in [3.63, 3.8) is 0 Å². The van der Waals surface area contributed by atoms with Crippen molar-refractivity contribution < 1.29 is 58.0 Å². The topological polar surface area (TPSA) is 90.1 Å². The van der Waals surface area contributed by atoms with Gasteiger partial charge in [-0.15, -0.1) is 0 Å². The second-order valence-corrected chi connectivity index (χ2v) is 8.29. The summed E-state index contributed by atoms with van der Waals surface area (Å²) in [7, 11) is 0. The van der Waals surface area contributed by atoms with E-state index in [2.05, 4.69) is 5.10 Å². The molecule has 0 aliphatic carbocycles. The molecule has 0 fully saturated rings. The number of alkyl halides is 11. The average molecular weight is 590 g/mol. The molecule has 3 aromatic rings. The Labute approximate surface area is 215 Å². The van der Waals surface area contributed by atoms with Crippen LogP contribution in [0.5, 0.6) is 0 Å². The lowest BCUT2D eigenvalue weighted by Gasteiger charge is -2.19. The van der Waals surface area contributed by atoms with E-state index in [1.165, 1.54) is 18.3 Å². The Morgan fingerprint density at radius 1 is 0.925 bits per heavy atom. The highest BCUT2D eigenvalue weighted by atomic mass is 19.4. The predicted octanol–water partition coefficient (Wildman–Crippen LogP) is 7.09. The van der Waals surface area contributed by atoms with Gasteiger partial charge in [-0.2, -0.15) is 53.4 Å². The molecule has 1 amide bonds. The predicted molar refractivity (Wildman–Crippen MR) is 114 cm³/mol. The molecular weight excluding hydrogens is 577 g/mol. The lowest BCUT2D eigenvalue weighted by Crippen LogP contribution is -2.36. The normalized spacial score (nSPS) is 12.9. The number of rotatable bonds is 6. The summed E-state index contributed by atoms with van der Waals surface area (Å²) in [6.07, 6.45) is -16.6. The third kappa shape index (κ3) is 6.31. The molecular formula is C22H13F11N4O3. The first-order valence-electron chi connectivity index (χ1n) is 10.5. The van der Waals surface area contributed by atoms with Crippen LogP contribution in [0.3, 0.4) is 0 Å². The van der Waals surface area contributed by atoms with Crippen LogP contribution in [0.15, 0.2) is 42.6 Å². The number of anilines is 1. The maximum absolute atomic E-state index is 14.3. The monoisotopic (exact) mass is 590 g/mol. The number of nitro groups is 1. The van der Waals surface area contributed by atoms with Crippen molar-refractivity contribution in [2.24, 2.45) is 0 Å². The fourth-order valence-corrected chi connectivity index (χ4v) is 3.47. The van der Waals surface area contributed by atoms with Gasteiger partial charge in [-0.3, -0.25) is 19.6 Å². The van der Waals surface area contributed by atoms with Gasteiger partial charge in [0.1, 0.15) is 0 Å². The van der Waals surface area contributed by atoms with E-state index in [1.54, 1.807) is 0 Å². The lowest BCUT2D eigenvalue weighted by atomic mass is 10.1. The summed E-state index contributed by atoms with van der Waals surface area (Å²) in [5.41, 5.74) is -8.82. The minimum Gasteiger partial charge on any atom is -0.322 e. The van der Waals surface area contributed by atoms with Crippen molar-refractivity contribution in [2.75, 3.05) is 5.32 Å². The number of nitrogens with zero attached hydrogens (tertiary/aromatic N) is 3. The fraction of sp³-hybridized carbons (Fsp3) is 0.273. The number of aryl methyl sites for hydroxylation is 1. The third-order valence-electron chi connectivity index (χ3n) is 5.31. The number of halogens is 11. The second-order valence-electron chi connectivity index (χ2n) is 8.29. The highest BCUT2D eigenvalue weighted by molar-refractivity contribution is 6.05. The fourth-order valence-electron chi connectivity index (χ4n) is 3.47. The van der Waals surface area contributed by atoms with Crippen LogP contribution in [0.2, 0.25) is 0 Å². The van der Waals surface area contributed by atoms with Gasteiger partial charge in [0, 0.05) is 23.5 Å². The molecule has 216 valence electrons. The standard InChI is InChI=1S/C22H13F11N4O3/c1-10-4-11(2-3-16(10)37(39)40)8-36-9-15(17(35-36)19(23,24)22(31,32)33)18(38)34-14-6-12(20(25,26)27)5-13(7-14)21(28,29)30/h2-7,9H,8H2,1H3,(H,34,38). The molecule has 0 radical (unpaired) electrons. The first-order valence-corrected chi connectivity index (χ1v) is 10.5. The first-order chi connectivity index (χ1) is 18.1. The summed E-state index contributed by atoms with van der Waals surface area (Å²) in [5, 5.41) is 15.5. The average Bonchev–Trinajstić information content (AvgIpc) is 3.21. The highest BCUT2D eigenvalue weighted by Crippen LogP contribution is 2.45. The summed E-state index contributed by atoms with van der Waals surface area (Å²) in [5.74, 6) is -7.70. The maximum Gasteiger partial charge on any atom is 0.459 e. The molecule has 0 saturated heterocycles. The summed E-state index contributed by atoms with van der Waals surface area (Å²) in [6.45, 7) is 0.700. The molecule has 7 nitrogen and oxygen atoms in total. The van der Waals surface area contributed by atoms with E-state index >= 15 is 0 Å². The molecule has 2 aromatic carbocycles. The molecule has 1 N–H and O–H groups in total. The third-order valence-corrected chi connectivity index (χ3v) is 5.31. The largest absolute Gasteiger partial charge is 0.459 e. The second kappa shape index (κ2) is 10.1. The molecule has 0 spiro atoms. The number of carbonyl (C=O) groups is 1. The summed E-state index contributed by atoms with van der Waals surface area (Å²) in [6, 6.07) is 3.08. The van der Waals surface area contributed by atoms with Crippen LogP contribution in [0.4, 0.5) is 59.7 Å². The van der Waals surface area contributed by atoms with Crippen molar-refractivity contribution in [3.8, 4) is 0 Å². The Morgan fingerprint density at radius 2 is 1.48 bits per heavy atom. The molecule has 0 saturated carbocycles. The van der Waals surface area contributed by atoms with Crippen LogP contribution in [-0.4, -0.2) is 26.8 Å². The van der Waals surface area contributed by atoms with E-state index in [0.717, 1.165) is 12.1 Å². The lowest BCUT2D eigenvalue weighted by molar-refractivity contribution is -0.385. The van der Waals surface area contributed by atoms with E-state index in [1.807, 2.05) is 0 Å². The van der Waals surface area contributed by atoms with Gasteiger partial charge in [0.2, 0.25) is 0 Å². The molecule has 40 heavy (non-hydrogen) atoms. The van der Waals surface area contributed by atoms with Crippen molar-refractivity contribution in [1.29, 1.82) is 0 Å². The quantitative estimate of drug-likeness (QED) is 0.189. The van der Waals surface area contributed by atoms with E-state index in [0.29, 0.717) is 10.9 Å². The van der Waals surface area contributed by atoms with Crippen LogP contribution in [0.1, 0.15) is 38.3 Å². The minimum absolute atomic E-state index is 0.0266. The van der Waals surface area contributed by atoms with Crippen molar-refractivity contribution in [2.45, 2.75) is 37.9 Å². The van der Waals surface area contributed by atoms with Gasteiger partial charge in [-0.25, -0.2) is 0 Å². The Bertz CT molecular complexity index is 1430. The SMILES string of the molecule is Cc1cc(Cn2cc(C(=O)Nc3cc(C(F)(F)F)cc(C(F)(F)F)c3)c(C(F)(F)C(F)(F)F)n2)ccc1[N+](=O)[O-]. The Kier molecular flexibility index (Phi) is 7.61. The minimum atomic E-state index is -6.30. The number of hydrogen-bond donors (Lipinski definition) is 1.